The first-order valence-corrected chi connectivity index (χ1v) is 7.24. The van der Waals surface area contributed by atoms with Gasteiger partial charge in [0.1, 0.15) is 5.41 Å². The van der Waals surface area contributed by atoms with Crippen molar-refractivity contribution >= 4 is 11.9 Å². The lowest BCUT2D eigenvalue weighted by molar-refractivity contribution is -0.153. The minimum atomic E-state index is -1.26. The molecule has 1 aliphatic carbocycles. The van der Waals surface area contributed by atoms with Crippen molar-refractivity contribution in [3.05, 3.63) is 35.9 Å². The molecule has 0 aromatic heterocycles. The fraction of sp³-hybridized carbons (Fsp3) is 0.500. The van der Waals surface area contributed by atoms with Crippen LogP contribution in [0.2, 0.25) is 0 Å². The number of carbonyl (C=O) groups excluding carboxylic acids is 1. The Hall–Kier alpha value is -1.92. The van der Waals surface area contributed by atoms with Crippen LogP contribution in [0.4, 0.5) is 0 Å². The number of carbonyl (C=O) groups is 2. The number of nitrogens with zero attached hydrogens (tertiary/aromatic N) is 1. The van der Waals surface area contributed by atoms with Gasteiger partial charge in [-0.25, -0.2) is 0 Å². The largest absolute Gasteiger partial charge is 0.480 e. The van der Waals surface area contributed by atoms with Gasteiger partial charge in [0.05, 0.1) is 19.3 Å². The maximum absolute atomic E-state index is 12.1. The van der Waals surface area contributed by atoms with Gasteiger partial charge in [-0.3, -0.25) is 9.59 Å². The predicted molar refractivity (Wildman–Crippen MR) is 79.0 cm³/mol. The van der Waals surface area contributed by atoms with Crippen molar-refractivity contribution < 1.29 is 24.5 Å². The molecule has 1 aliphatic rings. The molecule has 0 radical (unpaired) electrons. The summed E-state index contributed by atoms with van der Waals surface area (Å²) in [5.41, 5.74) is -0.263. The third kappa shape index (κ3) is 3.84. The first-order valence-electron chi connectivity index (χ1n) is 7.24. The Morgan fingerprint density at radius 3 is 2.50 bits per heavy atom. The zero-order chi connectivity index (χ0) is 16.2. The Bertz CT molecular complexity index is 527. The Morgan fingerprint density at radius 2 is 1.95 bits per heavy atom. The number of aliphatic hydroxyl groups is 1. The molecule has 1 saturated carbocycles. The summed E-state index contributed by atoms with van der Waals surface area (Å²) in [5.74, 6) is -1.53. The number of hydrogen-bond acceptors (Lipinski definition) is 4. The normalized spacial score (nSPS) is 16.8. The fourth-order valence-electron chi connectivity index (χ4n) is 2.35. The summed E-state index contributed by atoms with van der Waals surface area (Å²) in [7, 11) is 1.51. The van der Waals surface area contributed by atoms with Crippen LogP contribution in [0, 0.1) is 5.41 Å². The monoisotopic (exact) mass is 307 g/mol. The van der Waals surface area contributed by atoms with E-state index in [1.54, 1.807) is 0 Å². The van der Waals surface area contributed by atoms with Crippen LogP contribution in [0.5, 0.6) is 0 Å². The van der Waals surface area contributed by atoms with Gasteiger partial charge in [-0.2, -0.15) is 0 Å². The van der Waals surface area contributed by atoms with Crippen LogP contribution in [0.3, 0.4) is 0 Å². The number of aliphatic hydroxyl groups excluding tert-OH is 1. The van der Waals surface area contributed by atoms with Crippen molar-refractivity contribution in [2.24, 2.45) is 5.41 Å². The van der Waals surface area contributed by atoms with E-state index in [1.165, 1.54) is 11.9 Å². The van der Waals surface area contributed by atoms with E-state index in [9.17, 15) is 14.7 Å². The fourth-order valence-corrected chi connectivity index (χ4v) is 2.35. The van der Waals surface area contributed by atoms with Gasteiger partial charge < -0.3 is 19.8 Å². The molecule has 1 aromatic carbocycles. The van der Waals surface area contributed by atoms with Crippen LogP contribution in [0.15, 0.2) is 30.3 Å². The zero-order valence-corrected chi connectivity index (χ0v) is 12.6. The van der Waals surface area contributed by atoms with E-state index in [0.29, 0.717) is 19.4 Å². The van der Waals surface area contributed by atoms with Crippen molar-refractivity contribution in [3.63, 3.8) is 0 Å². The summed E-state index contributed by atoms with van der Waals surface area (Å²) in [6.45, 7) is 0.532. The molecular formula is C16H21NO5. The second kappa shape index (κ2) is 6.89. The molecule has 22 heavy (non-hydrogen) atoms. The van der Waals surface area contributed by atoms with Gasteiger partial charge in [-0.1, -0.05) is 30.3 Å². The van der Waals surface area contributed by atoms with E-state index in [-0.39, 0.29) is 13.2 Å². The molecule has 6 heteroatoms. The van der Waals surface area contributed by atoms with Gasteiger partial charge in [-0.05, 0) is 18.4 Å². The number of hydrogen-bond donors (Lipinski definition) is 2. The highest BCUT2D eigenvalue weighted by Gasteiger charge is 2.58. The first kappa shape index (κ1) is 16.5. The van der Waals surface area contributed by atoms with Gasteiger partial charge in [0.15, 0.2) is 0 Å². The maximum Gasteiger partial charge on any atom is 0.319 e. The summed E-state index contributed by atoms with van der Waals surface area (Å²) >= 11 is 0. The van der Waals surface area contributed by atoms with Crippen LogP contribution in [-0.2, 0) is 20.9 Å². The summed E-state index contributed by atoms with van der Waals surface area (Å²) in [5, 5.41) is 19.0. The molecule has 2 rings (SSSR count). The Labute approximate surface area is 129 Å². The Morgan fingerprint density at radius 1 is 1.32 bits per heavy atom. The first-order chi connectivity index (χ1) is 10.5. The molecule has 120 valence electrons. The molecular weight excluding hydrogens is 286 g/mol. The van der Waals surface area contributed by atoms with Crippen LogP contribution in [-0.4, -0.2) is 53.3 Å². The average Bonchev–Trinajstić information content (AvgIpc) is 3.29. The second-order valence-electron chi connectivity index (χ2n) is 5.73. The molecule has 1 aromatic rings. The predicted octanol–water partition coefficient (Wildman–Crippen LogP) is 0.887. The maximum atomic E-state index is 12.1. The van der Waals surface area contributed by atoms with Gasteiger partial charge in [0.25, 0.3) is 0 Å². The quantitative estimate of drug-likeness (QED) is 0.696. The molecule has 1 fully saturated rings. The van der Waals surface area contributed by atoms with Crippen molar-refractivity contribution in [1.29, 1.82) is 0 Å². The molecule has 6 nitrogen and oxygen atoms in total. The molecule has 0 aliphatic heterocycles. The van der Waals surface area contributed by atoms with E-state index in [4.69, 9.17) is 9.84 Å². The van der Waals surface area contributed by atoms with E-state index < -0.39 is 23.4 Å². The molecule has 1 unspecified atom stereocenters. The van der Waals surface area contributed by atoms with Crippen molar-refractivity contribution in [3.8, 4) is 0 Å². The number of ether oxygens (including phenoxy) is 1. The number of rotatable bonds is 8. The van der Waals surface area contributed by atoms with Gasteiger partial charge in [0.2, 0.25) is 5.91 Å². The van der Waals surface area contributed by atoms with Crippen LogP contribution in [0.25, 0.3) is 0 Å². The molecule has 1 atom stereocenters. The summed E-state index contributed by atoms with van der Waals surface area (Å²) < 4.78 is 5.41. The highest BCUT2D eigenvalue weighted by Crippen LogP contribution is 2.47. The van der Waals surface area contributed by atoms with Gasteiger partial charge in [0, 0.05) is 13.6 Å². The van der Waals surface area contributed by atoms with E-state index in [2.05, 4.69) is 0 Å². The molecule has 0 heterocycles. The minimum Gasteiger partial charge on any atom is -0.480 e. The van der Waals surface area contributed by atoms with Gasteiger partial charge in [-0.15, -0.1) is 0 Å². The second-order valence-corrected chi connectivity index (χ2v) is 5.73. The summed E-state index contributed by atoms with van der Waals surface area (Å²) in [4.78, 5) is 24.5. The summed E-state index contributed by atoms with van der Waals surface area (Å²) in [6, 6.07) is 9.57. The Balaban J connectivity index is 1.73. The van der Waals surface area contributed by atoms with Crippen molar-refractivity contribution in [1.82, 2.24) is 4.90 Å². The lowest BCUT2D eigenvalue weighted by Crippen LogP contribution is -2.43. The topological polar surface area (TPSA) is 87.1 Å². The van der Waals surface area contributed by atoms with E-state index >= 15 is 0 Å². The van der Waals surface area contributed by atoms with Crippen molar-refractivity contribution in [2.75, 3.05) is 20.2 Å². The number of benzene rings is 1. The average molecular weight is 307 g/mol. The third-order valence-corrected chi connectivity index (χ3v) is 3.82. The van der Waals surface area contributed by atoms with E-state index in [1.807, 2.05) is 30.3 Å². The van der Waals surface area contributed by atoms with Crippen LogP contribution < -0.4 is 0 Å². The van der Waals surface area contributed by atoms with Gasteiger partial charge >= 0.3 is 5.97 Å². The highest BCUT2D eigenvalue weighted by atomic mass is 16.5. The number of aliphatic carboxylic acids is 1. The van der Waals surface area contributed by atoms with Crippen molar-refractivity contribution in [2.45, 2.75) is 25.6 Å². The molecule has 2 N–H and O–H groups in total. The number of carboxylic acids is 1. The van der Waals surface area contributed by atoms with Crippen LogP contribution >= 0.6 is 0 Å². The smallest absolute Gasteiger partial charge is 0.319 e. The third-order valence-electron chi connectivity index (χ3n) is 3.82. The minimum absolute atomic E-state index is 0.0582. The lowest BCUT2D eigenvalue weighted by Gasteiger charge is -2.23. The van der Waals surface area contributed by atoms with E-state index in [0.717, 1.165) is 5.56 Å². The lowest BCUT2D eigenvalue weighted by atomic mass is 10.1. The number of amides is 1. The van der Waals surface area contributed by atoms with Crippen LogP contribution in [0.1, 0.15) is 18.4 Å². The SMILES string of the molecule is CN(CC(O)COCc1ccccc1)C(=O)C1(C(=O)O)CC1. The molecule has 1 amide bonds. The standard InChI is InChI=1S/C16H21NO5/c1-17(14(19)16(7-8-16)15(20)21)9-13(18)11-22-10-12-5-3-2-4-6-12/h2-6,13,18H,7-11H2,1H3,(H,20,21). The zero-order valence-electron chi connectivity index (χ0n) is 12.6. The molecule has 0 spiro atoms. The highest BCUT2D eigenvalue weighted by molar-refractivity contribution is 6.04. The number of carboxylic acid groups (broad SMARTS) is 1. The molecule has 0 saturated heterocycles. The number of likely N-dealkylation sites (N-methyl/N-ethyl adjacent to an activating group) is 1. The summed E-state index contributed by atoms with van der Waals surface area (Å²) in [6.07, 6.45) is -0.111. The Kier molecular flexibility index (Phi) is 5.15. The molecule has 0 bridgehead atoms.